The maximum absolute atomic E-state index is 12.4. The van der Waals surface area contributed by atoms with Gasteiger partial charge in [0.1, 0.15) is 0 Å². The summed E-state index contributed by atoms with van der Waals surface area (Å²) in [4.78, 5) is 24.7. The fourth-order valence-electron chi connectivity index (χ4n) is 4.23. The highest BCUT2D eigenvalue weighted by Crippen LogP contribution is 2.37. The Hall–Kier alpha value is -3.48. The van der Waals surface area contributed by atoms with Crippen molar-refractivity contribution in [1.82, 2.24) is 0 Å². The van der Waals surface area contributed by atoms with Crippen molar-refractivity contribution in [1.29, 1.82) is 0 Å². The van der Waals surface area contributed by atoms with Crippen LogP contribution in [0.3, 0.4) is 0 Å². The number of amides is 2. The van der Waals surface area contributed by atoms with E-state index in [2.05, 4.69) is 101 Å². The molecule has 6 nitrogen and oxygen atoms in total. The van der Waals surface area contributed by atoms with Crippen LogP contribution in [0.1, 0.15) is 65.5 Å². The van der Waals surface area contributed by atoms with Gasteiger partial charge in [0.05, 0.1) is 0 Å². The van der Waals surface area contributed by atoms with Crippen LogP contribution in [0, 0.1) is 0 Å². The molecule has 0 aliphatic carbocycles. The normalized spacial score (nSPS) is 11.8. The molecule has 38 heavy (non-hydrogen) atoms. The molecular weight excluding hydrogens is 472 g/mol. The third kappa shape index (κ3) is 7.30. The van der Waals surface area contributed by atoms with Crippen molar-refractivity contribution >= 4 is 23.2 Å². The summed E-state index contributed by atoms with van der Waals surface area (Å²) < 4.78 is 0. The maximum atomic E-state index is 12.4. The molecule has 0 aliphatic rings. The molecule has 202 valence electrons. The highest BCUT2D eigenvalue weighted by Gasteiger charge is 2.19. The van der Waals surface area contributed by atoms with E-state index in [1.54, 1.807) is 0 Å². The van der Waals surface area contributed by atoms with E-state index in [0.717, 1.165) is 33.6 Å². The van der Waals surface area contributed by atoms with Crippen LogP contribution >= 0.6 is 0 Å². The van der Waals surface area contributed by atoms with Crippen molar-refractivity contribution in [2.45, 2.75) is 65.2 Å². The summed E-state index contributed by atoms with van der Waals surface area (Å²) in [6, 6.07) is 20.6. The standard InChI is InChI=1S/C32H42N4O2/c1-31(2,3)23-11-13-27(35-29(37)15-17-33)25(19-23)21-7-9-22(10-8-21)26-20-24(32(4,5)6)12-14-28(26)36-30(38)16-18-34/h7-14,19-20H,15-18,33-34H2,1-6H3,(H,35,37)(H,36,38). The van der Waals surface area contributed by atoms with Crippen LogP contribution in [0.4, 0.5) is 11.4 Å². The molecule has 0 unspecified atom stereocenters. The molecule has 0 spiro atoms. The van der Waals surface area contributed by atoms with Crippen LogP contribution in [0.5, 0.6) is 0 Å². The lowest BCUT2D eigenvalue weighted by Crippen LogP contribution is -2.17. The molecule has 3 aromatic carbocycles. The number of anilines is 2. The van der Waals surface area contributed by atoms with Gasteiger partial charge >= 0.3 is 0 Å². The first kappa shape index (κ1) is 29.1. The second kappa shape index (κ2) is 11.9. The maximum Gasteiger partial charge on any atom is 0.225 e. The number of carbonyl (C=O) groups excluding carboxylic acids is 2. The summed E-state index contributed by atoms with van der Waals surface area (Å²) in [5.41, 5.74) is 18.8. The summed E-state index contributed by atoms with van der Waals surface area (Å²) in [5, 5.41) is 6.05. The molecular formula is C32H42N4O2. The van der Waals surface area contributed by atoms with Crippen molar-refractivity contribution in [2.75, 3.05) is 23.7 Å². The lowest BCUT2D eigenvalue weighted by molar-refractivity contribution is -0.116. The Labute approximate surface area is 227 Å². The molecule has 6 heteroatoms. The smallest absolute Gasteiger partial charge is 0.225 e. The lowest BCUT2D eigenvalue weighted by Gasteiger charge is -2.23. The Kier molecular flexibility index (Phi) is 9.13. The molecule has 6 N–H and O–H groups in total. The van der Waals surface area contributed by atoms with Crippen LogP contribution in [-0.2, 0) is 20.4 Å². The Morgan fingerprint density at radius 3 is 1.24 bits per heavy atom. The first-order valence-electron chi connectivity index (χ1n) is 13.2. The Balaban J connectivity index is 2.08. The first-order valence-corrected chi connectivity index (χ1v) is 13.2. The highest BCUT2D eigenvalue weighted by molar-refractivity contribution is 5.97. The van der Waals surface area contributed by atoms with Crippen LogP contribution < -0.4 is 22.1 Å². The Morgan fingerprint density at radius 2 is 0.947 bits per heavy atom. The molecule has 2 amide bonds. The van der Waals surface area contributed by atoms with Crippen LogP contribution in [-0.4, -0.2) is 24.9 Å². The predicted octanol–water partition coefficient (Wildman–Crippen LogP) is 6.19. The van der Waals surface area contributed by atoms with E-state index >= 15 is 0 Å². The van der Waals surface area contributed by atoms with Crippen LogP contribution in [0.2, 0.25) is 0 Å². The Bertz CT molecular complexity index is 1180. The van der Waals surface area contributed by atoms with Gasteiger partial charge in [-0.05, 0) is 57.3 Å². The molecule has 0 heterocycles. The van der Waals surface area contributed by atoms with E-state index in [4.69, 9.17) is 11.5 Å². The fourth-order valence-corrected chi connectivity index (χ4v) is 4.23. The number of nitrogens with one attached hydrogen (secondary N) is 2. The van der Waals surface area contributed by atoms with Crippen molar-refractivity contribution < 1.29 is 9.59 Å². The van der Waals surface area contributed by atoms with E-state index in [0.29, 0.717) is 13.1 Å². The minimum atomic E-state index is -0.106. The quantitative estimate of drug-likeness (QED) is 0.287. The zero-order valence-electron chi connectivity index (χ0n) is 23.6. The highest BCUT2D eigenvalue weighted by atomic mass is 16.2. The molecule has 0 fully saturated rings. The van der Waals surface area contributed by atoms with E-state index in [1.807, 2.05) is 12.1 Å². The van der Waals surface area contributed by atoms with Gasteiger partial charge in [-0.2, -0.15) is 0 Å². The second-order valence-electron chi connectivity index (χ2n) is 11.8. The van der Waals surface area contributed by atoms with Gasteiger partial charge in [0.2, 0.25) is 11.8 Å². The molecule has 3 rings (SSSR count). The molecule has 0 aliphatic heterocycles. The van der Waals surface area contributed by atoms with Crippen molar-refractivity contribution in [3.63, 3.8) is 0 Å². The largest absolute Gasteiger partial charge is 0.330 e. The van der Waals surface area contributed by atoms with Gasteiger partial charge in [0.15, 0.2) is 0 Å². The molecule has 0 aromatic heterocycles. The Morgan fingerprint density at radius 1 is 0.605 bits per heavy atom. The van der Waals surface area contributed by atoms with E-state index in [1.165, 1.54) is 11.1 Å². The van der Waals surface area contributed by atoms with Crippen LogP contribution in [0.15, 0.2) is 60.7 Å². The third-order valence-corrected chi connectivity index (χ3v) is 6.57. The summed E-state index contributed by atoms with van der Waals surface area (Å²) in [5.74, 6) is -0.212. The number of hydrogen-bond donors (Lipinski definition) is 4. The van der Waals surface area contributed by atoms with Gasteiger partial charge in [-0.3, -0.25) is 9.59 Å². The van der Waals surface area contributed by atoms with Crippen LogP contribution in [0.25, 0.3) is 22.3 Å². The molecule has 0 bridgehead atoms. The number of benzene rings is 3. The topological polar surface area (TPSA) is 110 Å². The lowest BCUT2D eigenvalue weighted by atomic mass is 9.84. The monoisotopic (exact) mass is 514 g/mol. The fraction of sp³-hybridized carbons (Fsp3) is 0.375. The average molecular weight is 515 g/mol. The van der Waals surface area contributed by atoms with E-state index in [9.17, 15) is 9.59 Å². The molecule has 0 atom stereocenters. The zero-order valence-corrected chi connectivity index (χ0v) is 23.6. The summed E-state index contributed by atoms with van der Waals surface area (Å²) >= 11 is 0. The van der Waals surface area contributed by atoms with Gasteiger partial charge in [-0.1, -0.05) is 77.9 Å². The number of rotatable bonds is 8. The predicted molar refractivity (Wildman–Crippen MR) is 159 cm³/mol. The van der Waals surface area contributed by atoms with Crippen molar-refractivity contribution in [2.24, 2.45) is 11.5 Å². The molecule has 3 aromatic rings. The van der Waals surface area contributed by atoms with Crippen molar-refractivity contribution in [3.05, 3.63) is 71.8 Å². The first-order chi connectivity index (χ1) is 17.8. The van der Waals surface area contributed by atoms with Gasteiger partial charge < -0.3 is 22.1 Å². The number of carbonyl (C=O) groups is 2. The van der Waals surface area contributed by atoms with E-state index < -0.39 is 0 Å². The van der Waals surface area contributed by atoms with Gasteiger partial charge in [0.25, 0.3) is 0 Å². The number of nitrogens with two attached hydrogens (primary N) is 2. The minimum absolute atomic E-state index is 0.0431. The van der Waals surface area contributed by atoms with Crippen molar-refractivity contribution in [3.8, 4) is 22.3 Å². The SMILES string of the molecule is CC(C)(C)c1ccc(NC(=O)CCN)c(-c2ccc(-c3cc(C(C)(C)C)ccc3NC(=O)CCN)cc2)c1. The molecule has 0 saturated heterocycles. The molecule has 0 radical (unpaired) electrons. The second-order valence-corrected chi connectivity index (χ2v) is 11.8. The zero-order chi connectivity index (χ0) is 28.1. The van der Waals surface area contributed by atoms with Gasteiger partial charge in [-0.25, -0.2) is 0 Å². The number of hydrogen-bond acceptors (Lipinski definition) is 4. The van der Waals surface area contributed by atoms with E-state index in [-0.39, 0.29) is 35.5 Å². The minimum Gasteiger partial charge on any atom is -0.330 e. The summed E-state index contributed by atoms with van der Waals surface area (Å²) in [6.45, 7) is 13.6. The van der Waals surface area contributed by atoms with Gasteiger partial charge in [0, 0.05) is 48.4 Å². The molecule has 0 saturated carbocycles. The summed E-state index contributed by atoms with van der Waals surface area (Å²) in [6.07, 6.45) is 0.532. The van der Waals surface area contributed by atoms with Gasteiger partial charge in [-0.15, -0.1) is 0 Å². The average Bonchev–Trinajstić information content (AvgIpc) is 2.83. The third-order valence-electron chi connectivity index (χ3n) is 6.57. The summed E-state index contributed by atoms with van der Waals surface area (Å²) in [7, 11) is 0.